The van der Waals surface area contributed by atoms with Gasteiger partial charge in [0.2, 0.25) is 0 Å². The molecule has 5 nitrogen and oxygen atoms in total. The van der Waals surface area contributed by atoms with E-state index < -0.39 is 0 Å². The van der Waals surface area contributed by atoms with Gasteiger partial charge in [-0.3, -0.25) is 4.79 Å². The lowest BCUT2D eigenvalue weighted by Crippen LogP contribution is -2.19. The largest absolute Gasteiger partial charge is 0.490 e. The van der Waals surface area contributed by atoms with Gasteiger partial charge in [-0.15, -0.1) is 0 Å². The van der Waals surface area contributed by atoms with Gasteiger partial charge in [0.1, 0.15) is 19.0 Å². The molecule has 0 saturated heterocycles. The third-order valence-electron chi connectivity index (χ3n) is 4.84. The minimum atomic E-state index is -0.193. The maximum absolute atomic E-state index is 13.0. The van der Waals surface area contributed by atoms with E-state index in [2.05, 4.69) is 26.1 Å². The molecular formula is C27H31NO4. The summed E-state index contributed by atoms with van der Waals surface area (Å²) in [5, 5.41) is 3.04. The lowest BCUT2D eigenvalue weighted by molar-refractivity contribution is 0.102. The Kier molecular flexibility index (Phi) is 7.77. The number of hydrogen-bond donors (Lipinski definition) is 1. The summed E-state index contributed by atoms with van der Waals surface area (Å²) in [4.78, 5) is 13.0. The number of carbonyl (C=O) groups excluding carboxylic acids is 1. The Morgan fingerprint density at radius 1 is 0.812 bits per heavy atom. The zero-order valence-electron chi connectivity index (χ0n) is 19.2. The predicted octanol–water partition coefficient (Wildman–Crippen LogP) is 6.09. The van der Waals surface area contributed by atoms with Gasteiger partial charge in [-0.2, -0.15) is 0 Å². The molecule has 0 heterocycles. The number of para-hydroxylation sites is 2. The smallest absolute Gasteiger partial charge is 0.255 e. The van der Waals surface area contributed by atoms with Crippen molar-refractivity contribution >= 4 is 11.6 Å². The normalized spacial score (nSPS) is 11.0. The summed E-state index contributed by atoms with van der Waals surface area (Å²) in [7, 11) is 0. The van der Waals surface area contributed by atoms with Crippen LogP contribution < -0.4 is 19.5 Å². The highest BCUT2D eigenvalue weighted by Crippen LogP contribution is 2.31. The Bertz CT molecular complexity index is 1030. The summed E-state index contributed by atoms with van der Waals surface area (Å²) in [5.41, 5.74) is 2.31. The van der Waals surface area contributed by atoms with Gasteiger partial charge in [0.25, 0.3) is 5.91 Å². The Labute approximate surface area is 190 Å². The first-order chi connectivity index (χ1) is 15.4. The molecular weight excluding hydrogens is 402 g/mol. The Morgan fingerprint density at radius 2 is 1.50 bits per heavy atom. The van der Waals surface area contributed by atoms with Crippen molar-refractivity contribution < 1.29 is 19.0 Å². The molecule has 0 bridgehead atoms. The first-order valence-electron chi connectivity index (χ1n) is 10.9. The lowest BCUT2D eigenvalue weighted by atomic mass is 9.86. The van der Waals surface area contributed by atoms with Gasteiger partial charge in [0.05, 0.1) is 6.61 Å². The number of carbonyl (C=O) groups is 1. The number of nitrogens with one attached hydrogen (secondary N) is 1. The van der Waals surface area contributed by atoms with Gasteiger partial charge < -0.3 is 19.5 Å². The number of amides is 1. The molecule has 0 atom stereocenters. The fourth-order valence-corrected chi connectivity index (χ4v) is 3.31. The number of benzene rings is 3. The number of hydrogen-bond acceptors (Lipinski definition) is 4. The third-order valence-corrected chi connectivity index (χ3v) is 4.84. The highest BCUT2D eigenvalue weighted by molar-refractivity contribution is 6.05. The Morgan fingerprint density at radius 3 is 2.22 bits per heavy atom. The van der Waals surface area contributed by atoms with E-state index >= 15 is 0 Å². The fourth-order valence-electron chi connectivity index (χ4n) is 3.31. The first kappa shape index (κ1) is 23.2. The van der Waals surface area contributed by atoms with E-state index in [-0.39, 0.29) is 11.3 Å². The average Bonchev–Trinajstić information content (AvgIpc) is 2.78. The van der Waals surface area contributed by atoms with Crippen LogP contribution in [0.1, 0.15) is 43.6 Å². The summed E-state index contributed by atoms with van der Waals surface area (Å²) < 4.78 is 17.2. The number of rotatable bonds is 9. The van der Waals surface area contributed by atoms with Gasteiger partial charge in [-0.05, 0) is 54.3 Å². The van der Waals surface area contributed by atoms with E-state index in [4.69, 9.17) is 14.2 Å². The van der Waals surface area contributed by atoms with Crippen molar-refractivity contribution in [3.8, 4) is 17.2 Å². The number of ether oxygens (including phenoxy) is 3. The van der Waals surface area contributed by atoms with Gasteiger partial charge in [0, 0.05) is 11.3 Å². The molecule has 0 saturated carbocycles. The van der Waals surface area contributed by atoms with E-state index in [1.165, 1.54) is 0 Å². The molecule has 168 valence electrons. The van der Waals surface area contributed by atoms with E-state index in [1.54, 1.807) is 18.2 Å². The van der Waals surface area contributed by atoms with Crippen molar-refractivity contribution in [2.75, 3.05) is 25.1 Å². The monoisotopic (exact) mass is 433 g/mol. The molecule has 0 aliphatic heterocycles. The fraction of sp³-hybridized carbons (Fsp3) is 0.296. The van der Waals surface area contributed by atoms with Crippen molar-refractivity contribution in [3.05, 3.63) is 83.9 Å². The summed E-state index contributed by atoms with van der Waals surface area (Å²) in [6.45, 7) is 9.50. The molecule has 0 fully saturated rings. The van der Waals surface area contributed by atoms with Crippen LogP contribution >= 0.6 is 0 Å². The summed E-state index contributed by atoms with van der Waals surface area (Å²) >= 11 is 0. The van der Waals surface area contributed by atoms with E-state index in [0.29, 0.717) is 36.9 Å². The molecule has 32 heavy (non-hydrogen) atoms. The van der Waals surface area contributed by atoms with Crippen molar-refractivity contribution in [2.24, 2.45) is 0 Å². The van der Waals surface area contributed by atoms with Crippen molar-refractivity contribution in [3.63, 3.8) is 0 Å². The molecule has 5 heteroatoms. The highest BCUT2D eigenvalue weighted by Gasteiger charge is 2.19. The molecule has 3 aromatic carbocycles. The van der Waals surface area contributed by atoms with Crippen LogP contribution in [0.3, 0.4) is 0 Å². The third kappa shape index (κ3) is 6.27. The maximum Gasteiger partial charge on any atom is 0.255 e. The number of anilines is 1. The van der Waals surface area contributed by atoms with Crippen LogP contribution in [-0.2, 0) is 5.41 Å². The van der Waals surface area contributed by atoms with E-state index in [1.807, 2.05) is 61.5 Å². The zero-order valence-corrected chi connectivity index (χ0v) is 19.2. The average molecular weight is 434 g/mol. The second-order valence-corrected chi connectivity index (χ2v) is 8.35. The molecule has 0 spiro atoms. The molecule has 1 N–H and O–H groups in total. The van der Waals surface area contributed by atoms with E-state index in [0.717, 1.165) is 17.0 Å². The topological polar surface area (TPSA) is 56.8 Å². The summed E-state index contributed by atoms with van der Waals surface area (Å²) in [6, 6.07) is 22.7. The van der Waals surface area contributed by atoms with Crippen LogP contribution in [0, 0.1) is 0 Å². The minimum absolute atomic E-state index is 0.0835. The summed E-state index contributed by atoms with van der Waals surface area (Å²) in [6.07, 6.45) is 0. The van der Waals surface area contributed by atoms with Crippen molar-refractivity contribution in [2.45, 2.75) is 33.1 Å². The Balaban J connectivity index is 1.68. The molecule has 1 amide bonds. The van der Waals surface area contributed by atoms with Crippen LogP contribution in [0.25, 0.3) is 0 Å². The predicted molar refractivity (Wildman–Crippen MR) is 128 cm³/mol. The molecule has 0 aliphatic carbocycles. The van der Waals surface area contributed by atoms with Gasteiger partial charge in [-0.25, -0.2) is 0 Å². The van der Waals surface area contributed by atoms with Gasteiger partial charge in [0.15, 0.2) is 11.5 Å². The standard InChI is InChI=1S/C27H31NO4/c1-5-30-25-19-20(26(29)28-23-14-10-9-13-22(23)27(2,3)4)15-16-24(25)32-18-17-31-21-11-7-6-8-12-21/h6-16,19H,5,17-18H2,1-4H3,(H,28,29). The molecule has 0 aromatic heterocycles. The SMILES string of the molecule is CCOc1cc(C(=O)Nc2ccccc2C(C)(C)C)ccc1OCCOc1ccccc1. The first-order valence-corrected chi connectivity index (χ1v) is 10.9. The minimum Gasteiger partial charge on any atom is -0.490 e. The molecule has 3 aromatic rings. The maximum atomic E-state index is 13.0. The molecule has 0 aliphatic rings. The quantitative estimate of drug-likeness (QED) is 0.415. The van der Waals surface area contributed by atoms with Crippen LogP contribution in [0.4, 0.5) is 5.69 Å². The van der Waals surface area contributed by atoms with Crippen LogP contribution in [0.15, 0.2) is 72.8 Å². The second kappa shape index (κ2) is 10.7. The molecule has 3 rings (SSSR count). The lowest BCUT2D eigenvalue weighted by Gasteiger charge is -2.23. The van der Waals surface area contributed by atoms with Gasteiger partial charge in [-0.1, -0.05) is 57.2 Å². The van der Waals surface area contributed by atoms with E-state index in [9.17, 15) is 4.79 Å². The zero-order chi connectivity index (χ0) is 23.0. The van der Waals surface area contributed by atoms with Crippen molar-refractivity contribution in [1.29, 1.82) is 0 Å². The van der Waals surface area contributed by atoms with Crippen LogP contribution in [0.2, 0.25) is 0 Å². The van der Waals surface area contributed by atoms with Crippen LogP contribution in [0.5, 0.6) is 17.2 Å². The van der Waals surface area contributed by atoms with Crippen molar-refractivity contribution in [1.82, 2.24) is 0 Å². The van der Waals surface area contributed by atoms with Crippen LogP contribution in [-0.4, -0.2) is 25.7 Å². The Hall–Kier alpha value is -3.47. The summed E-state index contributed by atoms with van der Waals surface area (Å²) in [5.74, 6) is 1.71. The highest BCUT2D eigenvalue weighted by atomic mass is 16.5. The molecule has 0 unspecified atom stereocenters. The second-order valence-electron chi connectivity index (χ2n) is 8.35. The van der Waals surface area contributed by atoms with Gasteiger partial charge >= 0.3 is 0 Å². The molecule has 0 radical (unpaired) electrons.